The molecule has 0 amide bonds. The van der Waals surface area contributed by atoms with Gasteiger partial charge in [0.05, 0.1) is 0 Å². The van der Waals surface area contributed by atoms with Crippen LogP contribution in [0.25, 0.3) is 0 Å². The average Bonchev–Trinajstić information content (AvgIpc) is 2.74. The Kier molecular flexibility index (Phi) is 7.60. The van der Waals surface area contributed by atoms with Gasteiger partial charge in [-0.3, -0.25) is 0 Å². The van der Waals surface area contributed by atoms with E-state index in [9.17, 15) is 22.0 Å². The Balaban J connectivity index is 1.67. The van der Waals surface area contributed by atoms with Crippen LogP contribution in [0, 0.1) is 30.3 Å². The Bertz CT molecular complexity index is 888. The van der Waals surface area contributed by atoms with E-state index in [1.54, 1.807) is 6.07 Å². The Morgan fingerprint density at radius 3 is 2.29 bits per heavy atom. The lowest BCUT2D eigenvalue weighted by Gasteiger charge is -2.29. The molecule has 0 bridgehead atoms. The van der Waals surface area contributed by atoms with Gasteiger partial charge in [0, 0.05) is 0 Å². The minimum Gasteiger partial charge on any atom is -0.426 e. The molecule has 0 atom stereocenters. The molecule has 0 unspecified atom stereocenters. The van der Waals surface area contributed by atoms with Gasteiger partial charge in [-0.1, -0.05) is 44.7 Å². The van der Waals surface area contributed by atoms with Crippen molar-refractivity contribution in [1.82, 2.24) is 0 Å². The van der Waals surface area contributed by atoms with Gasteiger partial charge in [0.1, 0.15) is 5.56 Å². The first-order valence-electron chi connectivity index (χ1n) is 11.0. The van der Waals surface area contributed by atoms with Gasteiger partial charge in [0.25, 0.3) is 0 Å². The van der Waals surface area contributed by atoms with Gasteiger partial charge < -0.3 is 4.74 Å². The molecule has 1 nitrogen and oxygen atoms in total. The molecule has 0 spiro atoms. The number of ether oxygens (including phenoxy) is 1. The van der Waals surface area contributed by atoms with Gasteiger partial charge in [0.2, 0.25) is 0 Å². The number of hydrogen-bond acceptors (Lipinski definition) is 1. The number of benzene rings is 2. The SMILES string of the molecule is CCCCCC1CCC(c2ccc(OC(F)(F)c3ccc(C)c(F)c3F)c(F)c2)CC1. The van der Waals surface area contributed by atoms with Gasteiger partial charge in [-0.2, -0.15) is 8.78 Å². The highest BCUT2D eigenvalue weighted by atomic mass is 19.3. The van der Waals surface area contributed by atoms with Crippen LogP contribution in [0.2, 0.25) is 0 Å². The number of alkyl halides is 2. The Labute approximate surface area is 180 Å². The third-order valence-electron chi connectivity index (χ3n) is 6.32. The van der Waals surface area contributed by atoms with E-state index in [2.05, 4.69) is 11.7 Å². The first-order chi connectivity index (χ1) is 14.7. The summed E-state index contributed by atoms with van der Waals surface area (Å²) in [6.45, 7) is 3.45. The first kappa shape index (κ1) is 23.6. The van der Waals surface area contributed by atoms with Crippen LogP contribution in [-0.2, 0) is 6.11 Å². The third kappa shape index (κ3) is 5.58. The molecule has 170 valence electrons. The van der Waals surface area contributed by atoms with Gasteiger partial charge in [-0.05, 0) is 73.8 Å². The van der Waals surface area contributed by atoms with Crippen molar-refractivity contribution in [2.75, 3.05) is 0 Å². The fourth-order valence-corrected chi connectivity index (χ4v) is 4.39. The highest BCUT2D eigenvalue weighted by Crippen LogP contribution is 2.40. The molecule has 2 aromatic carbocycles. The summed E-state index contributed by atoms with van der Waals surface area (Å²) in [5, 5.41) is 0. The fraction of sp³-hybridized carbons (Fsp3) is 0.520. The molecule has 1 saturated carbocycles. The molecule has 1 aliphatic carbocycles. The zero-order chi connectivity index (χ0) is 22.6. The smallest absolute Gasteiger partial charge is 0.426 e. The summed E-state index contributed by atoms with van der Waals surface area (Å²) in [5.41, 5.74) is -0.610. The first-order valence-corrected chi connectivity index (χ1v) is 11.0. The minimum atomic E-state index is -4.21. The number of halogens is 5. The van der Waals surface area contributed by atoms with Crippen LogP contribution in [-0.4, -0.2) is 0 Å². The van der Waals surface area contributed by atoms with Gasteiger partial charge in [0.15, 0.2) is 23.2 Å². The average molecular weight is 440 g/mol. The topological polar surface area (TPSA) is 9.23 Å². The quantitative estimate of drug-likeness (QED) is 0.296. The Hall–Kier alpha value is -2.11. The molecule has 1 fully saturated rings. The molecule has 2 aromatic rings. The van der Waals surface area contributed by atoms with E-state index in [1.165, 1.54) is 38.7 Å². The maximum absolute atomic E-state index is 14.6. The van der Waals surface area contributed by atoms with Crippen LogP contribution in [0.15, 0.2) is 30.3 Å². The maximum Gasteiger partial charge on any atom is 0.429 e. The van der Waals surface area contributed by atoms with E-state index in [0.717, 1.165) is 49.4 Å². The summed E-state index contributed by atoms with van der Waals surface area (Å²) < 4.78 is 75.5. The highest BCUT2D eigenvalue weighted by Gasteiger charge is 2.40. The Morgan fingerprint density at radius 2 is 1.65 bits per heavy atom. The van der Waals surface area contributed by atoms with Crippen LogP contribution in [0.1, 0.15) is 80.9 Å². The van der Waals surface area contributed by atoms with Crippen molar-refractivity contribution in [2.24, 2.45) is 5.92 Å². The Morgan fingerprint density at radius 1 is 0.935 bits per heavy atom. The van der Waals surface area contributed by atoms with Crippen molar-refractivity contribution >= 4 is 0 Å². The second-order valence-electron chi connectivity index (χ2n) is 8.58. The van der Waals surface area contributed by atoms with Gasteiger partial charge in [-0.15, -0.1) is 0 Å². The van der Waals surface area contributed by atoms with E-state index < -0.39 is 34.9 Å². The number of aryl methyl sites for hydroxylation is 1. The van der Waals surface area contributed by atoms with Crippen LogP contribution < -0.4 is 4.74 Å². The molecule has 6 heteroatoms. The lowest BCUT2D eigenvalue weighted by Crippen LogP contribution is -2.24. The van der Waals surface area contributed by atoms with E-state index in [-0.39, 0.29) is 11.5 Å². The zero-order valence-electron chi connectivity index (χ0n) is 18.0. The zero-order valence-corrected chi connectivity index (χ0v) is 18.0. The molecule has 1 aliphatic rings. The van der Waals surface area contributed by atoms with E-state index >= 15 is 0 Å². The standard InChI is InChI=1S/C25H29F5O/c1-3-4-5-6-17-8-10-18(11-9-17)19-12-14-22(21(26)15-19)31-25(29,30)20-13-7-16(2)23(27)24(20)28/h7,12-15,17-18H,3-6,8-11H2,1-2H3. The lowest BCUT2D eigenvalue weighted by molar-refractivity contribution is -0.189. The van der Waals surface area contributed by atoms with Crippen molar-refractivity contribution < 1.29 is 26.7 Å². The molecule has 31 heavy (non-hydrogen) atoms. The molecular formula is C25H29F5O. The van der Waals surface area contributed by atoms with Crippen molar-refractivity contribution in [3.05, 3.63) is 64.5 Å². The van der Waals surface area contributed by atoms with E-state index in [4.69, 9.17) is 0 Å². The summed E-state index contributed by atoms with van der Waals surface area (Å²) in [5.74, 6) is -3.80. The minimum absolute atomic E-state index is 0.104. The van der Waals surface area contributed by atoms with Crippen molar-refractivity contribution in [3.63, 3.8) is 0 Å². The molecule has 0 N–H and O–H groups in total. The highest BCUT2D eigenvalue weighted by molar-refractivity contribution is 5.33. The van der Waals surface area contributed by atoms with Crippen LogP contribution in [0.3, 0.4) is 0 Å². The fourth-order valence-electron chi connectivity index (χ4n) is 4.39. The second kappa shape index (κ2) is 10.0. The largest absolute Gasteiger partial charge is 0.429 e. The molecule has 0 saturated heterocycles. The predicted octanol–water partition coefficient (Wildman–Crippen LogP) is 8.39. The molecule has 0 radical (unpaired) electrons. The van der Waals surface area contributed by atoms with Crippen LogP contribution >= 0.6 is 0 Å². The molecule has 3 rings (SSSR count). The van der Waals surface area contributed by atoms with Gasteiger partial charge in [-0.25, -0.2) is 13.2 Å². The molecule has 0 heterocycles. The molecule has 0 aliphatic heterocycles. The van der Waals surface area contributed by atoms with Crippen molar-refractivity contribution in [2.45, 2.75) is 77.2 Å². The summed E-state index contributed by atoms with van der Waals surface area (Å²) in [4.78, 5) is 0. The van der Waals surface area contributed by atoms with E-state index in [1.807, 2.05) is 0 Å². The summed E-state index contributed by atoms with van der Waals surface area (Å²) in [6.07, 6.45) is 4.77. The normalized spacial score (nSPS) is 19.5. The lowest BCUT2D eigenvalue weighted by atomic mass is 9.77. The summed E-state index contributed by atoms with van der Waals surface area (Å²) in [6, 6.07) is 5.73. The van der Waals surface area contributed by atoms with E-state index in [0.29, 0.717) is 5.92 Å². The summed E-state index contributed by atoms with van der Waals surface area (Å²) >= 11 is 0. The van der Waals surface area contributed by atoms with Crippen molar-refractivity contribution in [3.8, 4) is 5.75 Å². The summed E-state index contributed by atoms with van der Waals surface area (Å²) in [7, 11) is 0. The van der Waals surface area contributed by atoms with Crippen molar-refractivity contribution in [1.29, 1.82) is 0 Å². The van der Waals surface area contributed by atoms with Crippen LogP contribution in [0.4, 0.5) is 22.0 Å². The second-order valence-corrected chi connectivity index (χ2v) is 8.58. The monoisotopic (exact) mass is 440 g/mol. The third-order valence-corrected chi connectivity index (χ3v) is 6.32. The van der Waals surface area contributed by atoms with Crippen LogP contribution in [0.5, 0.6) is 5.75 Å². The maximum atomic E-state index is 14.6. The molecular weight excluding hydrogens is 411 g/mol. The van der Waals surface area contributed by atoms with Gasteiger partial charge >= 0.3 is 6.11 Å². The number of rotatable bonds is 8. The number of unbranched alkanes of at least 4 members (excludes halogenated alkanes) is 2. The predicted molar refractivity (Wildman–Crippen MR) is 111 cm³/mol. The molecule has 0 aromatic heterocycles. The number of hydrogen-bond donors (Lipinski definition) is 0.